The summed E-state index contributed by atoms with van der Waals surface area (Å²) in [5.74, 6) is -0.236. The molecule has 144 valence electrons. The summed E-state index contributed by atoms with van der Waals surface area (Å²) in [6, 6.07) is 9.11. The smallest absolute Gasteiger partial charge is 0.252 e. The van der Waals surface area contributed by atoms with Gasteiger partial charge in [0.2, 0.25) is 0 Å². The Hall–Kier alpha value is -1.86. The Bertz CT molecular complexity index is 567. The van der Waals surface area contributed by atoms with Crippen molar-refractivity contribution in [3.05, 3.63) is 35.4 Å². The lowest BCUT2D eigenvalue weighted by Crippen LogP contribution is -2.39. The van der Waals surface area contributed by atoms with Gasteiger partial charge in [-0.3, -0.25) is 4.79 Å². The molecule has 0 unspecified atom stereocenters. The number of carbonyl (C=O) groups is 1. The van der Waals surface area contributed by atoms with Gasteiger partial charge in [-0.05, 0) is 51.3 Å². The molecular formula is C22H34N2O2. The molecule has 0 radical (unpaired) electrons. The van der Waals surface area contributed by atoms with Crippen LogP contribution in [0.4, 0.5) is 0 Å². The number of ether oxygens (including phenoxy) is 1. The summed E-state index contributed by atoms with van der Waals surface area (Å²) in [6.07, 6.45) is 8.74. The zero-order valence-electron chi connectivity index (χ0n) is 16.8. The van der Waals surface area contributed by atoms with E-state index in [2.05, 4.69) is 18.3 Å². The quantitative estimate of drug-likeness (QED) is 0.565. The maximum absolute atomic E-state index is 12.3. The van der Waals surface area contributed by atoms with Gasteiger partial charge < -0.3 is 10.1 Å². The molecule has 0 spiro atoms. The monoisotopic (exact) mass is 358 g/mol. The van der Waals surface area contributed by atoms with Gasteiger partial charge in [0, 0.05) is 5.56 Å². The van der Waals surface area contributed by atoms with E-state index in [4.69, 9.17) is 4.74 Å². The molecule has 26 heavy (non-hydrogen) atoms. The number of carbonyl (C=O) groups excluding carboxylic acids is 1. The molecule has 1 N–H and O–H groups in total. The number of hydrogen-bond donors (Lipinski definition) is 1. The summed E-state index contributed by atoms with van der Waals surface area (Å²) < 4.78 is 5.58. The van der Waals surface area contributed by atoms with Gasteiger partial charge in [-0.1, -0.05) is 51.2 Å². The Morgan fingerprint density at radius 2 is 1.73 bits per heavy atom. The third-order valence-electron chi connectivity index (χ3n) is 4.18. The Balaban J connectivity index is 2.41. The van der Waals surface area contributed by atoms with Crippen LogP contribution in [-0.2, 0) is 11.2 Å². The number of nitriles is 1. The molecule has 0 saturated heterocycles. The lowest BCUT2D eigenvalue weighted by Gasteiger charge is -2.22. The van der Waals surface area contributed by atoms with E-state index in [0.29, 0.717) is 5.56 Å². The minimum Gasteiger partial charge on any atom is -0.373 e. The summed E-state index contributed by atoms with van der Waals surface area (Å²) in [7, 11) is 0. The van der Waals surface area contributed by atoms with Gasteiger partial charge in [0.15, 0.2) is 0 Å². The fourth-order valence-electron chi connectivity index (χ4n) is 2.62. The number of unbranched alkanes of at least 4 members (excludes halogenated alkanes) is 5. The Morgan fingerprint density at radius 1 is 1.12 bits per heavy atom. The van der Waals surface area contributed by atoms with Gasteiger partial charge in [-0.15, -0.1) is 0 Å². The fourth-order valence-corrected chi connectivity index (χ4v) is 2.62. The lowest BCUT2D eigenvalue weighted by molar-refractivity contribution is -0.00780. The van der Waals surface area contributed by atoms with E-state index in [9.17, 15) is 10.1 Å². The van der Waals surface area contributed by atoms with Gasteiger partial charge >= 0.3 is 0 Å². The van der Waals surface area contributed by atoms with Crippen LogP contribution in [0.1, 0.15) is 82.1 Å². The van der Waals surface area contributed by atoms with E-state index in [-0.39, 0.29) is 18.1 Å². The standard InChI is InChI=1S/C22H34N2O2/c1-5-6-7-8-9-10-11-18-12-14-19(15-13-18)21(25)24-20(16-23)17-26-22(2,3)4/h12-15,20H,5-11,17H2,1-4H3,(H,24,25)/t20-/m1/s1. The average molecular weight is 359 g/mol. The topological polar surface area (TPSA) is 62.1 Å². The normalized spacial score (nSPS) is 12.4. The third-order valence-corrected chi connectivity index (χ3v) is 4.18. The highest BCUT2D eigenvalue weighted by Crippen LogP contribution is 2.12. The van der Waals surface area contributed by atoms with Crippen molar-refractivity contribution in [1.29, 1.82) is 5.26 Å². The van der Waals surface area contributed by atoms with Crippen LogP contribution in [0.3, 0.4) is 0 Å². The first kappa shape index (κ1) is 22.2. The first-order chi connectivity index (χ1) is 12.4. The molecule has 1 aromatic carbocycles. The molecule has 0 heterocycles. The second kappa shape index (κ2) is 11.7. The molecule has 0 aliphatic carbocycles. The first-order valence-corrected chi connectivity index (χ1v) is 9.79. The predicted octanol–water partition coefficient (Wildman–Crippen LogP) is 5.03. The van der Waals surface area contributed by atoms with E-state index in [0.717, 1.165) is 6.42 Å². The van der Waals surface area contributed by atoms with Crippen molar-refractivity contribution in [2.24, 2.45) is 0 Å². The second-order valence-corrected chi connectivity index (χ2v) is 7.79. The minimum absolute atomic E-state index is 0.182. The highest BCUT2D eigenvalue weighted by molar-refractivity contribution is 5.94. The van der Waals surface area contributed by atoms with Gasteiger partial charge in [0.25, 0.3) is 5.91 Å². The van der Waals surface area contributed by atoms with Gasteiger partial charge in [-0.25, -0.2) is 0 Å². The maximum Gasteiger partial charge on any atom is 0.252 e. The van der Waals surface area contributed by atoms with Crippen molar-refractivity contribution in [3.63, 3.8) is 0 Å². The van der Waals surface area contributed by atoms with Crippen LogP contribution in [0.5, 0.6) is 0 Å². The van der Waals surface area contributed by atoms with E-state index in [1.54, 1.807) is 0 Å². The molecule has 1 aromatic rings. The number of nitrogens with zero attached hydrogens (tertiary/aromatic N) is 1. The third kappa shape index (κ3) is 9.58. The van der Waals surface area contributed by atoms with E-state index < -0.39 is 6.04 Å². The predicted molar refractivity (Wildman–Crippen MR) is 106 cm³/mol. The highest BCUT2D eigenvalue weighted by atomic mass is 16.5. The Labute approximate surface area is 158 Å². The van der Waals surface area contributed by atoms with E-state index in [1.165, 1.54) is 44.1 Å². The van der Waals surface area contributed by atoms with Crippen LogP contribution < -0.4 is 5.32 Å². The molecule has 0 bridgehead atoms. The zero-order valence-corrected chi connectivity index (χ0v) is 16.8. The summed E-state index contributed by atoms with van der Waals surface area (Å²) in [6.45, 7) is 8.18. The summed E-state index contributed by atoms with van der Waals surface area (Å²) in [5.41, 5.74) is 1.50. The molecule has 0 aliphatic heterocycles. The summed E-state index contributed by atoms with van der Waals surface area (Å²) in [5, 5.41) is 11.9. The van der Waals surface area contributed by atoms with Crippen LogP contribution in [0, 0.1) is 11.3 Å². The van der Waals surface area contributed by atoms with Gasteiger partial charge in [0.05, 0.1) is 18.3 Å². The molecule has 4 nitrogen and oxygen atoms in total. The first-order valence-electron chi connectivity index (χ1n) is 9.79. The number of amides is 1. The number of hydrogen-bond acceptors (Lipinski definition) is 3. The molecule has 1 rings (SSSR count). The molecule has 4 heteroatoms. The SMILES string of the molecule is CCCCCCCCc1ccc(C(=O)N[C@H](C#N)COC(C)(C)C)cc1. The van der Waals surface area contributed by atoms with Gasteiger partial charge in [0.1, 0.15) is 6.04 Å². The van der Waals surface area contributed by atoms with Crippen LogP contribution in [-0.4, -0.2) is 24.2 Å². The van der Waals surface area contributed by atoms with E-state index in [1.807, 2.05) is 45.0 Å². The molecule has 0 aromatic heterocycles. The number of benzene rings is 1. The summed E-state index contributed by atoms with van der Waals surface area (Å²) >= 11 is 0. The number of rotatable bonds is 11. The molecule has 0 fully saturated rings. The highest BCUT2D eigenvalue weighted by Gasteiger charge is 2.17. The summed E-state index contributed by atoms with van der Waals surface area (Å²) in [4.78, 5) is 12.3. The molecule has 0 aliphatic rings. The van der Waals surface area contributed by atoms with Crippen molar-refractivity contribution in [1.82, 2.24) is 5.32 Å². The van der Waals surface area contributed by atoms with Crippen molar-refractivity contribution in [2.45, 2.75) is 84.3 Å². The number of aryl methyl sites for hydroxylation is 1. The van der Waals surface area contributed by atoms with Crippen LogP contribution in [0.15, 0.2) is 24.3 Å². The molecule has 1 amide bonds. The van der Waals surface area contributed by atoms with Crippen molar-refractivity contribution in [3.8, 4) is 6.07 Å². The minimum atomic E-state index is -0.649. The van der Waals surface area contributed by atoms with Crippen molar-refractivity contribution < 1.29 is 9.53 Å². The maximum atomic E-state index is 12.3. The van der Waals surface area contributed by atoms with Crippen molar-refractivity contribution in [2.75, 3.05) is 6.61 Å². The zero-order chi connectivity index (χ0) is 19.4. The Kier molecular flexibility index (Phi) is 9.98. The second-order valence-electron chi connectivity index (χ2n) is 7.79. The Morgan fingerprint density at radius 3 is 2.31 bits per heavy atom. The fraction of sp³-hybridized carbons (Fsp3) is 0.636. The van der Waals surface area contributed by atoms with Crippen LogP contribution >= 0.6 is 0 Å². The lowest BCUT2D eigenvalue weighted by atomic mass is 10.0. The largest absolute Gasteiger partial charge is 0.373 e. The van der Waals surface area contributed by atoms with Crippen molar-refractivity contribution >= 4 is 5.91 Å². The van der Waals surface area contributed by atoms with Gasteiger partial charge in [-0.2, -0.15) is 5.26 Å². The molecule has 1 atom stereocenters. The molecular weight excluding hydrogens is 324 g/mol. The van der Waals surface area contributed by atoms with Crippen LogP contribution in [0.2, 0.25) is 0 Å². The van der Waals surface area contributed by atoms with Crippen LogP contribution in [0.25, 0.3) is 0 Å². The average Bonchev–Trinajstić information content (AvgIpc) is 2.61. The molecule has 0 saturated carbocycles. The van der Waals surface area contributed by atoms with E-state index >= 15 is 0 Å². The number of nitrogens with one attached hydrogen (secondary N) is 1.